The molecule has 2 rings (SSSR count). The fraction of sp³-hybridized carbons (Fsp3) is 0.286. The van der Waals surface area contributed by atoms with Crippen LogP contribution in [0.1, 0.15) is 30.6 Å². The van der Waals surface area contributed by atoms with Crippen molar-refractivity contribution in [1.29, 1.82) is 0 Å². The van der Waals surface area contributed by atoms with Gasteiger partial charge in [-0.2, -0.15) is 0 Å². The van der Waals surface area contributed by atoms with Crippen LogP contribution in [0.4, 0.5) is 11.4 Å². The average molecular weight is 383 g/mol. The number of carbonyl (C=O) groups excluding carboxylic acids is 3. The number of hydrogen-bond acceptors (Lipinski definition) is 5. The highest BCUT2D eigenvalue weighted by atomic mass is 16.5. The normalized spacial score (nSPS) is 11.2. The molecular formula is C21H25N3O4. The number of carbonyl (C=O) groups is 3. The molecule has 0 radical (unpaired) electrons. The van der Waals surface area contributed by atoms with Gasteiger partial charge >= 0.3 is 5.97 Å². The van der Waals surface area contributed by atoms with Gasteiger partial charge in [0.1, 0.15) is 6.04 Å². The summed E-state index contributed by atoms with van der Waals surface area (Å²) in [7, 11) is 0. The van der Waals surface area contributed by atoms with Crippen LogP contribution < -0.4 is 16.0 Å². The minimum atomic E-state index is -0.704. The van der Waals surface area contributed by atoms with E-state index in [1.54, 1.807) is 31.2 Å². The zero-order valence-corrected chi connectivity index (χ0v) is 16.0. The molecule has 0 unspecified atom stereocenters. The number of amides is 2. The number of ether oxygens (including phenoxy) is 1. The van der Waals surface area contributed by atoms with E-state index in [1.807, 2.05) is 37.3 Å². The van der Waals surface area contributed by atoms with Crippen LogP contribution in [0.25, 0.3) is 0 Å². The van der Waals surface area contributed by atoms with Gasteiger partial charge in [0.25, 0.3) is 5.91 Å². The molecule has 0 bridgehead atoms. The van der Waals surface area contributed by atoms with Crippen LogP contribution in [-0.4, -0.2) is 37.0 Å². The summed E-state index contributed by atoms with van der Waals surface area (Å²) in [6.45, 7) is 3.58. The Balaban J connectivity index is 1.91. The molecule has 3 N–H and O–H groups in total. The molecule has 28 heavy (non-hydrogen) atoms. The third kappa shape index (κ3) is 6.42. The minimum Gasteiger partial charge on any atom is -0.452 e. The van der Waals surface area contributed by atoms with Gasteiger partial charge in [0, 0.05) is 12.2 Å². The van der Waals surface area contributed by atoms with E-state index in [2.05, 4.69) is 16.0 Å². The molecule has 148 valence electrons. The molecular weight excluding hydrogens is 358 g/mol. The molecule has 2 aromatic carbocycles. The van der Waals surface area contributed by atoms with Crippen LogP contribution in [0, 0.1) is 0 Å². The number of para-hydroxylation sites is 2. The number of benzene rings is 2. The Morgan fingerprint density at radius 2 is 1.68 bits per heavy atom. The first kappa shape index (κ1) is 21.0. The van der Waals surface area contributed by atoms with Gasteiger partial charge in [-0.05, 0) is 37.6 Å². The number of rotatable bonds is 9. The van der Waals surface area contributed by atoms with Gasteiger partial charge in [-0.15, -0.1) is 0 Å². The van der Waals surface area contributed by atoms with Crippen molar-refractivity contribution in [3.05, 3.63) is 60.2 Å². The topological polar surface area (TPSA) is 96.5 Å². The molecule has 2 amide bonds. The van der Waals surface area contributed by atoms with Crippen molar-refractivity contribution in [1.82, 2.24) is 10.6 Å². The van der Waals surface area contributed by atoms with Gasteiger partial charge in [0.05, 0.1) is 11.3 Å². The molecule has 0 spiro atoms. The van der Waals surface area contributed by atoms with Crippen molar-refractivity contribution in [3.63, 3.8) is 0 Å². The molecule has 0 aromatic heterocycles. The summed E-state index contributed by atoms with van der Waals surface area (Å²) in [5.74, 6) is -1.45. The molecule has 0 aliphatic rings. The van der Waals surface area contributed by atoms with Gasteiger partial charge < -0.3 is 20.7 Å². The highest BCUT2D eigenvalue weighted by molar-refractivity contribution is 5.97. The summed E-state index contributed by atoms with van der Waals surface area (Å²) in [5, 5.41) is 8.35. The molecule has 2 aromatic rings. The second-order valence-corrected chi connectivity index (χ2v) is 6.19. The van der Waals surface area contributed by atoms with Crippen molar-refractivity contribution in [2.75, 3.05) is 18.5 Å². The van der Waals surface area contributed by atoms with E-state index >= 15 is 0 Å². The zero-order valence-electron chi connectivity index (χ0n) is 16.0. The van der Waals surface area contributed by atoms with E-state index in [1.165, 1.54) is 0 Å². The smallest absolute Gasteiger partial charge is 0.340 e. The molecule has 0 aliphatic carbocycles. The maximum atomic E-state index is 12.4. The second kappa shape index (κ2) is 10.7. The monoisotopic (exact) mass is 383 g/mol. The van der Waals surface area contributed by atoms with Crippen LogP contribution in [0.5, 0.6) is 0 Å². The summed E-state index contributed by atoms with van der Waals surface area (Å²) in [4.78, 5) is 36.1. The third-order valence-corrected chi connectivity index (χ3v) is 3.85. The largest absolute Gasteiger partial charge is 0.452 e. The van der Waals surface area contributed by atoms with Gasteiger partial charge in [-0.3, -0.25) is 9.59 Å². The molecule has 7 heteroatoms. The van der Waals surface area contributed by atoms with Gasteiger partial charge in [0.15, 0.2) is 6.61 Å². The van der Waals surface area contributed by atoms with Crippen LogP contribution in [0.3, 0.4) is 0 Å². The van der Waals surface area contributed by atoms with E-state index in [0.717, 1.165) is 12.1 Å². The SMILES string of the molecule is CCCNC(=O)[C@@H](C)NC(=O)COC(=O)c1ccccc1Nc1ccccc1. The van der Waals surface area contributed by atoms with Gasteiger partial charge in [0.2, 0.25) is 5.91 Å². The first-order valence-electron chi connectivity index (χ1n) is 9.16. The Bertz CT molecular complexity index is 808. The van der Waals surface area contributed by atoms with Crippen LogP contribution >= 0.6 is 0 Å². The molecule has 1 atom stereocenters. The fourth-order valence-electron chi connectivity index (χ4n) is 2.41. The summed E-state index contributed by atoms with van der Waals surface area (Å²) < 4.78 is 5.11. The number of nitrogens with one attached hydrogen (secondary N) is 3. The maximum absolute atomic E-state index is 12.4. The number of esters is 1. The lowest BCUT2D eigenvalue weighted by molar-refractivity contribution is -0.130. The standard InChI is InChI=1S/C21H25N3O4/c1-3-13-22-20(26)15(2)23-19(25)14-28-21(27)17-11-7-8-12-18(17)24-16-9-5-4-6-10-16/h4-12,15,24H,3,13-14H2,1-2H3,(H,22,26)(H,23,25)/t15-/m1/s1. The van der Waals surface area contributed by atoms with Gasteiger partial charge in [-0.25, -0.2) is 4.79 Å². The van der Waals surface area contributed by atoms with Crippen molar-refractivity contribution >= 4 is 29.2 Å². The zero-order chi connectivity index (χ0) is 20.4. The summed E-state index contributed by atoms with van der Waals surface area (Å²) in [5.41, 5.74) is 1.71. The second-order valence-electron chi connectivity index (χ2n) is 6.19. The first-order chi connectivity index (χ1) is 13.5. The molecule has 0 aliphatic heterocycles. The highest BCUT2D eigenvalue weighted by Gasteiger charge is 2.18. The molecule has 0 saturated heterocycles. The van der Waals surface area contributed by atoms with Crippen LogP contribution in [0.2, 0.25) is 0 Å². The van der Waals surface area contributed by atoms with Crippen LogP contribution in [-0.2, 0) is 14.3 Å². The lowest BCUT2D eigenvalue weighted by Gasteiger charge is -2.14. The quantitative estimate of drug-likeness (QED) is 0.579. The molecule has 7 nitrogen and oxygen atoms in total. The van der Waals surface area contributed by atoms with Gasteiger partial charge in [-0.1, -0.05) is 37.3 Å². The minimum absolute atomic E-state index is 0.279. The third-order valence-electron chi connectivity index (χ3n) is 3.85. The van der Waals surface area contributed by atoms with Crippen molar-refractivity contribution in [2.45, 2.75) is 26.3 Å². The van der Waals surface area contributed by atoms with Crippen molar-refractivity contribution in [2.24, 2.45) is 0 Å². The Hall–Kier alpha value is -3.35. The lowest BCUT2D eigenvalue weighted by Crippen LogP contribution is -2.46. The Morgan fingerprint density at radius 1 is 1.00 bits per heavy atom. The molecule has 0 fully saturated rings. The molecule has 0 heterocycles. The van der Waals surface area contributed by atoms with Crippen molar-refractivity contribution in [3.8, 4) is 0 Å². The van der Waals surface area contributed by atoms with Crippen LogP contribution in [0.15, 0.2) is 54.6 Å². The number of hydrogen-bond donors (Lipinski definition) is 3. The highest BCUT2D eigenvalue weighted by Crippen LogP contribution is 2.21. The Morgan fingerprint density at radius 3 is 2.39 bits per heavy atom. The Labute approximate surface area is 164 Å². The average Bonchev–Trinajstić information content (AvgIpc) is 2.71. The number of anilines is 2. The first-order valence-corrected chi connectivity index (χ1v) is 9.16. The lowest BCUT2D eigenvalue weighted by atomic mass is 10.1. The summed E-state index contributed by atoms with van der Waals surface area (Å²) in [6, 6.07) is 15.6. The summed E-state index contributed by atoms with van der Waals surface area (Å²) in [6.07, 6.45) is 0.806. The van der Waals surface area contributed by atoms with E-state index in [0.29, 0.717) is 17.8 Å². The Kier molecular flexibility index (Phi) is 8.02. The van der Waals surface area contributed by atoms with E-state index in [4.69, 9.17) is 4.74 Å². The fourth-order valence-corrected chi connectivity index (χ4v) is 2.41. The summed E-state index contributed by atoms with van der Waals surface area (Å²) >= 11 is 0. The van der Waals surface area contributed by atoms with E-state index in [-0.39, 0.29) is 5.91 Å². The predicted octanol–water partition coefficient (Wildman–Crippen LogP) is 2.62. The van der Waals surface area contributed by atoms with E-state index in [9.17, 15) is 14.4 Å². The predicted molar refractivity (Wildman–Crippen MR) is 107 cm³/mol. The molecule has 0 saturated carbocycles. The maximum Gasteiger partial charge on any atom is 0.340 e. The van der Waals surface area contributed by atoms with Crippen molar-refractivity contribution < 1.29 is 19.1 Å². The van der Waals surface area contributed by atoms with E-state index < -0.39 is 24.5 Å².